The van der Waals surface area contributed by atoms with Crippen LogP contribution in [-0.2, 0) is 7.05 Å². The second kappa shape index (κ2) is 2.91. The van der Waals surface area contributed by atoms with Crippen LogP contribution in [-0.4, -0.2) is 26.3 Å². The van der Waals surface area contributed by atoms with Gasteiger partial charge < -0.3 is 5.73 Å². The van der Waals surface area contributed by atoms with E-state index >= 15 is 0 Å². The molecule has 0 aliphatic rings. The molecule has 1 aromatic heterocycles. The van der Waals surface area contributed by atoms with Crippen molar-refractivity contribution in [2.24, 2.45) is 7.05 Å². The van der Waals surface area contributed by atoms with E-state index in [1.54, 1.807) is 13.3 Å². The van der Waals surface area contributed by atoms with E-state index in [4.69, 9.17) is 11.1 Å². The van der Waals surface area contributed by atoms with E-state index in [1.165, 1.54) is 16.4 Å². The van der Waals surface area contributed by atoms with Crippen LogP contribution in [0.2, 0.25) is 0 Å². The zero-order valence-electron chi connectivity index (χ0n) is 6.33. The highest BCUT2D eigenvalue weighted by atomic mass is 32.2. The van der Waals surface area contributed by atoms with Crippen molar-refractivity contribution in [3.63, 3.8) is 0 Å². The van der Waals surface area contributed by atoms with Crippen LogP contribution in [0, 0.1) is 5.41 Å². The van der Waals surface area contributed by atoms with Crippen molar-refractivity contribution in [1.82, 2.24) is 15.0 Å². The Bertz CT molecular complexity index is 278. The van der Waals surface area contributed by atoms with Crippen LogP contribution in [0.25, 0.3) is 0 Å². The molecule has 11 heavy (non-hydrogen) atoms. The third-order valence-electron chi connectivity index (χ3n) is 1.29. The molecule has 60 valence electrons. The molecule has 0 saturated heterocycles. The lowest BCUT2D eigenvalue weighted by Gasteiger charge is -1.95. The number of hydrogen-bond donors (Lipinski definition) is 2. The number of aryl methyl sites for hydroxylation is 1. The van der Waals surface area contributed by atoms with Crippen molar-refractivity contribution in [2.45, 2.75) is 0 Å². The zero-order valence-corrected chi connectivity index (χ0v) is 7.14. The van der Waals surface area contributed by atoms with Gasteiger partial charge in [-0.25, -0.2) is 4.68 Å². The summed E-state index contributed by atoms with van der Waals surface area (Å²) < 4.78 is 1.44. The molecule has 0 saturated carbocycles. The van der Waals surface area contributed by atoms with Gasteiger partial charge in [-0.05, 0) is 6.26 Å². The largest absolute Gasteiger partial charge is 0.382 e. The fourth-order valence-corrected chi connectivity index (χ4v) is 0.962. The topological polar surface area (TPSA) is 80.6 Å². The minimum absolute atomic E-state index is 0.343. The molecule has 0 aliphatic carbocycles. The monoisotopic (exact) mass is 171 g/mol. The lowest BCUT2D eigenvalue weighted by Crippen LogP contribution is -2.02. The molecule has 0 aliphatic heterocycles. The van der Waals surface area contributed by atoms with Gasteiger partial charge in [-0.2, -0.15) is 0 Å². The van der Waals surface area contributed by atoms with Crippen LogP contribution in [0.5, 0.6) is 0 Å². The van der Waals surface area contributed by atoms with Crippen LogP contribution in [0.4, 0.5) is 5.82 Å². The molecule has 1 rings (SSSR count). The van der Waals surface area contributed by atoms with E-state index in [2.05, 4.69) is 10.3 Å². The molecular formula is C5H9N5S. The number of nitrogens with zero attached hydrogens (tertiary/aromatic N) is 3. The summed E-state index contributed by atoms with van der Waals surface area (Å²) in [6.07, 6.45) is 1.80. The molecule has 6 heteroatoms. The molecule has 0 atom stereocenters. The summed E-state index contributed by atoms with van der Waals surface area (Å²) >= 11 is 1.29. The molecule has 3 N–H and O–H groups in total. The average Bonchev–Trinajstić information content (AvgIpc) is 2.32. The van der Waals surface area contributed by atoms with E-state index in [1.807, 2.05) is 0 Å². The second-order valence-electron chi connectivity index (χ2n) is 1.98. The third-order valence-corrected chi connectivity index (χ3v) is 1.89. The van der Waals surface area contributed by atoms with E-state index in [9.17, 15) is 0 Å². The number of thioether (sulfide) groups is 1. The van der Waals surface area contributed by atoms with Gasteiger partial charge in [-0.3, -0.25) is 5.41 Å². The van der Waals surface area contributed by atoms with E-state index in [0.717, 1.165) is 0 Å². The van der Waals surface area contributed by atoms with Gasteiger partial charge in [0.2, 0.25) is 0 Å². The molecular weight excluding hydrogens is 162 g/mol. The van der Waals surface area contributed by atoms with E-state index < -0.39 is 0 Å². The SMILES string of the molecule is CSC(=N)c1nnn(C)c1N. The first kappa shape index (κ1) is 8.06. The van der Waals surface area contributed by atoms with E-state index in [0.29, 0.717) is 16.6 Å². The fourth-order valence-electron chi connectivity index (χ4n) is 0.623. The highest BCUT2D eigenvalue weighted by Gasteiger charge is 2.10. The highest BCUT2D eigenvalue weighted by molar-refractivity contribution is 8.13. The lowest BCUT2D eigenvalue weighted by molar-refractivity contribution is 0.722. The minimum atomic E-state index is 0.343. The Kier molecular flexibility index (Phi) is 2.13. The summed E-state index contributed by atoms with van der Waals surface area (Å²) in [6, 6.07) is 0. The number of rotatable bonds is 1. The van der Waals surface area contributed by atoms with Gasteiger partial charge in [0.15, 0.2) is 11.5 Å². The smallest absolute Gasteiger partial charge is 0.160 e. The fraction of sp³-hybridized carbons (Fsp3) is 0.400. The van der Waals surface area contributed by atoms with Gasteiger partial charge >= 0.3 is 0 Å². The molecule has 0 aromatic carbocycles. The summed E-state index contributed by atoms with van der Waals surface area (Å²) in [6.45, 7) is 0. The first-order chi connectivity index (χ1) is 5.16. The number of nitrogen functional groups attached to an aromatic ring is 1. The first-order valence-corrected chi connectivity index (χ1v) is 4.17. The Hall–Kier alpha value is -1.04. The Morgan fingerprint density at radius 1 is 1.73 bits per heavy atom. The standard InChI is InChI=1S/C5H9N5S/c1-10-4(6)3(8-9-10)5(7)11-2/h7H,6H2,1-2H3. The minimum Gasteiger partial charge on any atom is -0.382 e. The highest BCUT2D eigenvalue weighted by Crippen LogP contribution is 2.12. The Labute approximate surface area is 68.5 Å². The molecule has 0 amide bonds. The van der Waals surface area contributed by atoms with Crippen molar-refractivity contribution in [2.75, 3.05) is 12.0 Å². The van der Waals surface area contributed by atoms with Gasteiger partial charge in [0, 0.05) is 7.05 Å². The molecule has 1 heterocycles. The Morgan fingerprint density at radius 2 is 2.36 bits per heavy atom. The molecule has 0 spiro atoms. The average molecular weight is 171 g/mol. The summed E-state index contributed by atoms with van der Waals surface area (Å²) in [7, 11) is 1.69. The van der Waals surface area contributed by atoms with Gasteiger partial charge in [0.25, 0.3) is 0 Å². The molecule has 0 radical (unpaired) electrons. The van der Waals surface area contributed by atoms with Crippen LogP contribution in [0.3, 0.4) is 0 Å². The molecule has 5 nitrogen and oxygen atoms in total. The van der Waals surface area contributed by atoms with Crippen molar-refractivity contribution >= 4 is 22.6 Å². The number of hydrogen-bond acceptors (Lipinski definition) is 5. The Balaban J connectivity index is 3.04. The summed E-state index contributed by atoms with van der Waals surface area (Å²) in [5, 5.41) is 15.1. The zero-order chi connectivity index (χ0) is 8.43. The molecule has 0 fully saturated rings. The van der Waals surface area contributed by atoms with Crippen molar-refractivity contribution < 1.29 is 0 Å². The maximum absolute atomic E-state index is 7.40. The van der Waals surface area contributed by atoms with Crippen LogP contribution < -0.4 is 5.73 Å². The maximum atomic E-state index is 7.40. The molecule has 0 unspecified atom stereocenters. The van der Waals surface area contributed by atoms with Crippen LogP contribution >= 0.6 is 11.8 Å². The normalized spacial score (nSPS) is 10.0. The first-order valence-electron chi connectivity index (χ1n) is 2.95. The quantitative estimate of drug-likeness (QED) is 0.463. The van der Waals surface area contributed by atoms with Gasteiger partial charge in [0.1, 0.15) is 5.04 Å². The number of anilines is 1. The van der Waals surface area contributed by atoms with E-state index in [-0.39, 0.29) is 0 Å². The predicted molar refractivity (Wildman–Crippen MR) is 45.8 cm³/mol. The third kappa shape index (κ3) is 1.35. The predicted octanol–water partition coefficient (Wildman–Crippen LogP) is 0.0857. The van der Waals surface area contributed by atoms with Crippen molar-refractivity contribution in [3.8, 4) is 0 Å². The van der Waals surface area contributed by atoms with Crippen molar-refractivity contribution in [3.05, 3.63) is 5.69 Å². The number of nitrogens with two attached hydrogens (primary N) is 1. The Morgan fingerprint density at radius 3 is 2.73 bits per heavy atom. The van der Waals surface area contributed by atoms with Crippen molar-refractivity contribution in [1.29, 1.82) is 5.41 Å². The number of aromatic nitrogens is 3. The summed E-state index contributed by atoms with van der Waals surface area (Å²) in [5.41, 5.74) is 6.02. The van der Waals surface area contributed by atoms with Gasteiger partial charge in [-0.15, -0.1) is 16.9 Å². The molecule has 1 aromatic rings. The summed E-state index contributed by atoms with van der Waals surface area (Å²) in [4.78, 5) is 0. The van der Waals surface area contributed by atoms with Gasteiger partial charge in [0.05, 0.1) is 0 Å². The van der Waals surface area contributed by atoms with Gasteiger partial charge in [-0.1, -0.05) is 5.21 Å². The van der Waals surface area contributed by atoms with Crippen LogP contribution in [0.1, 0.15) is 5.69 Å². The lowest BCUT2D eigenvalue weighted by atomic mass is 10.5. The second-order valence-corrected chi connectivity index (χ2v) is 2.80. The number of nitrogens with one attached hydrogen (secondary N) is 1. The maximum Gasteiger partial charge on any atom is 0.160 e. The van der Waals surface area contributed by atoms with Crippen LogP contribution in [0.15, 0.2) is 0 Å². The summed E-state index contributed by atoms with van der Waals surface area (Å²) in [5.74, 6) is 0.435. The molecule has 0 bridgehead atoms.